The van der Waals surface area contributed by atoms with Gasteiger partial charge in [-0.15, -0.1) is 0 Å². The summed E-state index contributed by atoms with van der Waals surface area (Å²) in [7, 11) is 0. The highest BCUT2D eigenvalue weighted by Crippen LogP contribution is 2.18. The summed E-state index contributed by atoms with van der Waals surface area (Å²) in [5.41, 5.74) is 0. The molecule has 0 saturated carbocycles. The highest BCUT2D eigenvalue weighted by atomic mass is 16.3. The zero-order valence-electron chi connectivity index (χ0n) is 43.8. The molecule has 0 bridgehead atoms. The third kappa shape index (κ3) is 47.6. The zero-order chi connectivity index (χ0) is 47.4. The Morgan fingerprint density at radius 2 is 0.631 bits per heavy atom. The average Bonchev–Trinajstić information content (AvgIpc) is 3.31. The van der Waals surface area contributed by atoms with Gasteiger partial charge in [0, 0.05) is 0 Å². The van der Waals surface area contributed by atoms with Crippen molar-refractivity contribution in [3.05, 3.63) is 24.3 Å². The van der Waals surface area contributed by atoms with Crippen LogP contribution in [0.2, 0.25) is 0 Å². The predicted molar refractivity (Wildman–Crippen MR) is 284 cm³/mol. The molecule has 4 atom stereocenters. The summed E-state index contributed by atoms with van der Waals surface area (Å²) in [6.45, 7) is 4.08. The van der Waals surface area contributed by atoms with Gasteiger partial charge in [-0.2, -0.15) is 0 Å². The predicted octanol–water partition coefficient (Wildman–Crippen LogP) is 17.0. The van der Waals surface area contributed by atoms with Crippen molar-refractivity contribution in [1.29, 1.82) is 0 Å². The van der Waals surface area contributed by atoms with Gasteiger partial charge in [0.05, 0.1) is 18.8 Å². The lowest BCUT2D eigenvalue weighted by Crippen LogP contribution is -2.53. The van der Waals surface area contributed by atoms with Crippen LogP contribution in [0.3, 0.4) is 0 Å². The van der Waals surface area contributed by atoms with E-state index in [0.29, 0.717) is 12.8 Å². The largest absolute Gasteiger partial charge is 0.394 e. The minimum atomic E-state index is -1.28. The molecule has 0 radical (unpaired) electrons. The molecule has 0 aliphatic heterocycles. The summed E-state index contributed by atoms with van der Waals surface area (Å²) in [5.74, 6) is -0.591. The number of rotatable bonds is 54. The van der Waals surface area contributed by atoms with E-state index >= 15 is 0 Å². The van der Waals surface area contributed by atoms with Gasteiger partial charge in [0.25, 0.3) is 0 Å². The van der Waals surface area contributed by atoms with Crippen LogP contribution in [0.5, 0.6) is 0 Å². The fourth-order valence-corrected chi connectivity index (χ4v) is 9.29. The second-order valence-corrected chi connectivity index (χ2v) is 20.3. The summed E-state index contributed by atoms with van der Waals surface area (Å²) in [4.78, 5) is 12.6. The topological polar surface area (TPSA) is 110 Å². The molecule has 0 aliphatic rings. The maximum absolute atomic E-state index is 12.6. The first-order chi connectivity index (χ1) is 32.0. The molecule has 6 nitrogen and oxygen atoms in total. The van der Waals surface area contributed by atoms with Crippen LogP contribution in [0.15, 0.2) is 24.3 Å². The lowest BCUT2D eigenvalue weighted by molar-refractivity contribution is -0.132. The second kappa shape index (κ2) is 53.7. The number of carbonyl (C=O) groups excluding carboxylic acids is 1. The van der Waals surface area contributed by atoms with Gasteiger partial charge in [0.1, 0.15) is 12.2 Å². The standard InChI is InChI=1S/C59H115NO5/c1-3-5-7-9-11-13-15-17-19-21-23-25-27-29-31-33-35-37-39-41-43-45-47-49-51-53-57(63)59(65)60-55(54-61)58(64)56(62)52-50-48-46-44-42-40-38-36-34-32-30-28-26-24-22-20-18-16-14-12-10-8-6-4-2/h29,31,44,46,55-58,61-64H,3-28,30,32-43,45,47-54H2,1-2H3,(H,60,65)/b31-29-,46-44+. The fourth-order valence-electron chi connectivity index (χ4n) is 9.29. The number of nitrogens with one attached hydrogen (secondary N) is 1. The van der Waals surface area contributed by atoms with Gasteiger partial charge >= 0.3 is 0 Å². The van der Waals surface area contributed by atoms with Crippen LogP contribution >= 0.6 is 0 Å². The van der Waals surface area contributed by atoms with Crippen molar-refractivity contribution in [1.82, 2.24) is 5.32 Å². The molecule has 4 unspecified atom stereocenters. The summed E-state index contributed by atoms with van der Waals surface area (Å²) in [6, 6.07) is -1.00. The lowest BCUT2D eigenvalue weighted by Gasteiger charge is -2.27. The van der Waals surface area contributed by atoms with Crippen molar-refractivity contribution >= 4 is 5.91 Å². The maximum Gasteiger partial charge on any atom is 0.249 e. The summed E-state index contributed by atoms with van der Waals surface area (Å²) in [5, 5.41) is 44.0. The summed E-state index contributed by atoms with van der Waals surface area (Å²) < 4.78 is 0. The Balaban J connectivity index is 3.64. The van der Waals surface area contributed by atoms with Gasteiger partial charge < -0.3 is 25.7 Å². The molecule has 1 amide bonds. The van der Waals surface area contributed by atoms with Crippen molar-refractivity contribution < 1.29 is 25.2 Å². The molecule has 0 aromatic rings. The minimum absolute atomic E-state index is 0.362. The Kier molecular flexibility index (Phi) is 52.7. The molecule has 5 N–H and O–H groups in total. The van der Waals surface area contributed by atoms with Crippen molar-refractivity contribution in [2.75, 3.05) is 6.61 Å². The minimum Gasteiger partial charge on any atom is -0.394 e. The van der Waals surface area contributed by atoms with Gasteiger partial charge in [-0.05, 0) is 64.2 Å². The van der Waals surface area contributed by atoms with Crippen LogP contribution in [-0.4, -0.2) is 57.3 Å². The Bertz CT molecular complexity index is 986. The number of allylic oxidation sites excluding steroid dienone is 4. The molecule has 386 valence electrons. The molecular weight excluding hydrogens is 803 g/mol. The van der Waals surface area contributed by atoms with Crippen LogP contribution < -0.4 is 5.32 Å². The van der Waals surface area contributed by atoms with E-state index in [9.17, 15) is 25.2 Å². The Labute approximate surface area is 405 Å². The quantitative estimate of drug-likeness (QED) is 0.0308. The monoisotopic (exact) mass is 918 g/mol. The number of hydrogen-bond donors (Lipinski definition) is 5. The highest BCUT2D eigenvalue weighted by Gasteiger charge is 2.28. The van der Waals surface area contributed by atoms with E-state index in [0.717, 1.165) is 38.5 Å². The van der Waals surface area contributed by atoms with Crippen LogP contribution in [-0.2, 0) is 4.79 Å². The van der Waals surface area contributed by atoms with E-state index < -0.39 is 36.9 Å². The average molecular weight is 919 g/mol. The first kappa shape index (κ1) is 63.8. The molecule has 6 heteroatoms. The number of aliphatic hydroxyl groups excluding tert-OH is 4. The van der Waals surface area contributed by atoms with Gasteiger partial charge in [-0.25, -0.2) is 0 Å². The molecule has 0 aromatic carbocycles. The SMILES string of the molecule is CCCCCCCCCCCCCC/C=C\CCCCCCCCCCCC(O)C(=O)NC(CO)C(O)C(O)CCC/C=C/CCCCCCCCCCCCCCCCCCCCC. The molecule has 0 saturated heterocycles. The van der Waals surface area contributed by atoms with Gasteiger partial charge in [0.15, 0.2) is 0 Å². The highest BCUT2D eigenvalue weighted by molar-refractivity contribution is 5.80. The number of aliphatic hydroxyl groups is 4. The number of carbonyl (C=O) groups is 1. The first-order valence-electron chi connectivity index (χ1n) is 29.2. The van der Waals surface area contributed by atoms with E-state index in [1.54, 1.807) is 0 Å². The lowest BCUT2D eigenvalue weighted by atomic mass is 10.00. The van der Waals surface area contributed by atoms with E-state index in [4.69, 9.17) is 0 Å². The smallest absolute Gasteiger partial charge is 0.249 e. The van der Waals surface area contributed by atoms with Crippen LogP contribution in [0.25, 0.3) is 0 Å². The molecule has 0 aliphatic carbocycles. The first-order valence-corrected chi connectivity index (χ1v) is 29.2. The Morgan fingerprint density at radius 1 is 0.369 bits per heavy atom. The van der Waals surface area contributed by atoms with Crippen LogP contribution in [0.1, 0.15) is 316 Å². The van der Waals surface area contributed by atoms with Gasteiger partial charge in [-0.1, -0.05) is 276 Å². The fraction of sp³-hybridized carbons (Fsp3) is 0.915. The van der Waals surface area contributed by atoms with E-state index in [-0.39, 0.29) is 0 Å². The molecule has 0 heterocycles. The van der Waals surface area contributed by atoms with E-state index in [1.165, 1.54) is 250 Å². The van der Waals surface area contributed by atoms with Gasteiger partial charge in [-0.3, -0.25) is 4.79 Å². The van der Waals surface area contributed by atoms with Gasteiger partial charge in [0.2, 0.25) is 5.91 Å². The van der Waals surface area contributed by atoms with Crippen LogP contribution in [0.4, 0.5) is 0 Å². The van der Waals surface area contributed by atoms with E-state index in [2.05, 4.69) is 43.5 Å². The summed E-state index contributed by atoms with van der Waals surface area (Å²) >= 11 is 0. The molecule has 0 rings (SSSR count). The summed E-state index contributed by atoms with van der Waals surface area (Å²) in [6.07, 6.45) is 65.4. The Morgan fingerprint density at radius 3 is 0.923 bits per heavy atom. The number of amides is 1. The third-order valence-electron chi connectivity index (χ3n) is 13.9. The third-order valence-corrected chi connectivity index (χ3v) is 13.9. The van der Waals surface area contributed by atoms with E-state index in [1.807, 2.05) is 0 Å². The molecule has 0 aromatic heterocycles. The Hall–Kier alpha value is -1.21. The number of hydrogen-bond acceptors (Lipinski definition) is 5. The van der Waals surface area contributed by atoms with Crippen LogP contribution in [0, 0.1) is 0 Å². The molecule has 0 spiro atoms. The zero-order valence-corrected chi connectivity index (χ0v) is 43.8. The number of unbranched alkanes of at least 4 members (excludes halogenated alkanes) is 41. The molecular formula is C59H115NO5. The second-order valence-electron chi connectivity index (χ2n) is 20.3. The molecule has 0 fully saturated rings. The van der Waals surface area contributed by atoms with Crippen molar-refractivity contribution in [2.45, 2.75) is 340 Å². The van der Waals surface area contributed by atoms with Crippen molar-refractivity contribution in [3.8, 4) is 0 Å². The maximum atomic E-state index is 12.6. The van der Waals surface area contributed by atoms with Crippen molar-refractivity contribution in [3.63, 3.8) is 0 Å². The molecule has 65 heavy (non-hydrogen) atoms. The van der Waals surface area contributed by atoms with Crippen molar-refractivity contribution in [2.24, 2.45) is 0 Å². The normalized spacial score (nSPS) is 13.9.